The summed E-state index contributed by atoms with van der Waals surface area (Å²) in [5.74, 6) is 0. The van der Waals surface area contributed by atoms with Gasteiger partial charge < -0.3 is 0 Å². The number of nitrogens with one attached hydrogen (secondary N) is 1. The van der Waals surface area contributed by atoms with Crippen LogP contribution >= 0.6 is 39.3 Å². The fraction of sp³-hybridized carbons (Fsp3) is 0. The zero-order valence-corrected chi connectivity index (χ0v) is 9.77. The van der Waals surface area contributed by atoms with E-state index in [0.29, 0.717) is 10.2 Å². The molecular formula is C6H3BrClN5S. The molecule has 0 fully saturated rings. The van der Waals surface area contributed by atoms with Crippen LogP contribution < -0.4 is 0 Å². The number of tetrazole rings is 1. The van der Waals surface area contributed by atoms with E-state index in [-0.39, 0.29) is 0 Å². The van der Waals surface area contributed by atoms with Crippen molar-refractivity contribution in [3.8, 4) is 0 Å². The number of aromatic amines is 1. The molecule has 0 aromatic carbocycles. The second kappa shape index (κ2) is 4.24. The largest absolute Gasteiger partial charge is 0.262 e. The maximum absolute atomic E-state index is 5.95. The Balaban J connectivity index is 2.33. The second-order valence-corrected chi connectivity index (χ2v) is 4.47. The van der Waals surface area contributed by atoms with Crippen LogP contribution in [-0.2, 0) is 0 Å². The molecule has 2 aromatic heterocycles. The third-order valence-corrected chi connectivity index (χ3v) is 3.59. The molecule has 2 rings (SSSR count). The summed E-state index contributed by atoms with van der Waals surface area (Å²) in [6.45, 7) is 0. The lowest BCUT2D eigenvalue weighted by atomic mass is 10.5. The number of hydrogen-bond donors (Lipinski definition) is 1. The lowest BCUT2D eigenvalue weighted by Crippen LogP contribution is -1.82. The van der Waals surface area contributed by atoms with Gasteiger partial charge in [0.15, 0.2) is 0 Å². The minimum Gasteiger partial charge on any atom is -0.262 e. The molecule has 0 saturated heterocycles. The van der Waals surface area contributed by atoms with E-state index in [1.165, 1.54) is 11.8 Å². The number of nitrogens with zero attached hydrogens (tertiary/aromatic N) is 4. The van der Waals surface area contributed by atoms with Crippen LogP contribution in [-0.4, -0.2) is 25.6 Å². The smallest absolute Gasteiger partial charge is 0.235 e. The minimum atomic E-state index is 0.513. The van der Waals surface area contributed by atoms with E-state index >= 15 is 0 Å². The molecule has 1 N–H and O–H groups in total. The van der Waals surface area contributed by atoms with Crippen LogP contribution in [0.2, 0.25) is 5.02 Å². The van der Waals surface area contributed by atoms with E-state index in [1.807, 2.05) is 0 Å². The van der Waals surface area contributed by atoms with Crippen LogP contribution in [0, 0.1) is 0 Å². The summed E-state index contributed by atoms with van der Waals surface area (Å²) in [5.41, 5.74) is 0. The molecule has 0 radical (unpaired) electrons. The Morgan fingerprint density at radius 3 is 2.93 bits per heavy atom. The van der Waals surface area contributed by atoms with E-state index in [4.69, 9.17) is 11.6 Å². The molecule has 8 heteroatoms. The van der Waals surface area contributed by atoms with Crippen molar-refractivity contribution in [1.29, 1.82) is 0 Å². The van der Waals surface area contributed by atoms with Crippen molar-refractivity contribution >= 4 is 39.3 Å². The van der Waals surface area contributed by atoms with Gasteiger partial charge in [0.05, 0.1) is 14.4 Å². The maximum Gasteiger partial charge on any atom is 0.235 e. The van der Waals surface area contributed by atoms with Crippen molar-refractivity contribution in [2.75, 3.05) is 0 Å². The van der Waals surface area contributed by atoms with E-state index in [0.717, 1.165) is 9.37 Å². The third kappa shape index (κ3) is 2.05. The normalized spacial score (nSPS) is 10.4. The predicted molar refractivity (Wildman–Crippen MR) is 55.2 cm³/mol. The quantitative estimate of drug-likeness (QED) is 0.918. The summed E-state index contributed by atoms with van der Waals surface area (Å²) in [6.07, 6.45) is 3.23. The highest BCUT2D eigenvalue weighted by molar-refractivity contribution is 9.10. The molecule has 0 spiro atoms. The van der Waals surface area contributed by atoms with E-state index < -0.39 is 0 Å². The molecule has 0 atom stereocenters. The van der Waals surface area contributed by atoms with Crippen molar-refractivity contribution in [2.24, 2.45) is 0 Å². The number of aromatic nitrogens is 5. The van der Waals surface area contributed by atoms with Crippen molar-refractivity contribution in [3.05, 3.63) is 21.9 Å². The molecule has 72 valence electrons. The Morgan fingerprint density at radius 2 is 2.29 bits per heavy atom. The van der Waals surface area contributed by atoms with Gasteiger partial charge in [-0.05, 0) is 32.9 Å². The molecular weight excluding hydrogens is 290 g/mol. The molecule has 14 heavy (non-hydrogen) atoms. The van der Waals surface area contributed by atoms with E-state index in [9.17, 15) is 0 Å². The Bertz CT molecular complexity index is 414. The van der Waals surface area contributed by atoms with Crippen LogP contribution in [0.5, 0.6) is 0 Å². The van der Waals surface area contributed by atoms with Crippen molar-refractivity contribution < 1.29 is 0 Å². The fourth-order valence-corrected chi connectivity index (χ4v) is 2.40. The third-order valence-electron chi connectivity index (χ3n) is 1.33. The van der Waals surface area contributed by atoms with Gasteiger partial charge in [0.25, 0.3) is 0 Å². The molecule has 0 aliphatic heterocycles. The summed E-state index contributed by atoms with van der Waals surface area (Å²) in [7, 11) is 0. The zero-order valence-electron chi connectivity index (χ0n) is 6.61. The van der Waals surface area contributed by atoms with Crippen molar-refractivity contribution in [3.63, 3.8) is 0 Å². The number of hydrogen-bond acceptors (Lipinski definition) is 5. The summed E-state index contributed by atoms with van der Waals surface area (Å²) < 4.78 is 0.805. The number of halogens is 2. The molecule has 2 heterocycles. The predicted octanol–water partition coefficient (Wildman–Crippen LogP) is 2.16. The molecule has 0 unspecified atom stereocenters. The lowest BCUT2D eigenvalue weighted by Gasteiger charge is -2.01. The van der Waals surface area contributed by atoms with Gasteiger partial charge in [-0.3, -0.25) is 4.98 Å². The SMILES string of the molecule is Clc1cncc(Br)c1Sc1nn[nH]n1. The van der Waals surface area contributed by atoms with Gasteiger partial charge in [-0.2, -0.15) is 5.21 Å². The van der Waals surface area contributed by atoms with Gasteiger partial charge in [-0.25, -0.2) is 0 Å². The Labute approximate surface area is 96.8 Å². The first-order chi connectivity index (χ1) is 6.77. The van der Waals surface area contributed by atoms with Crippen molar-refractivity contribution in [1.82, 2.24) is 25.6 Å². The number of pyridine rings is 1. The second-order valence-electron chi connectivity index (χ2n) is 2.23. The maximum atomic E-state index is 5.95. The van der Waals surface area contributed by atoms with Crippen LogP contribution in [0.25, 0.3) is 0 Å². The van der Waals surface area contributed by atoms with E-state index in [2.05, 4.69) is 41.5 Å². The Hall–Kier alpha value is -0.660. The molecule has 0 aliphatic rings. The number of rotatable bonds is 2. The first kappa shape index (κ1) is 9.88. The Morgan fingerprint density at radius 1 is 1.43 bits per heavy atom. The van der Waals surface area contributed by atoms with Crippen LogP contribution in [0.4, 0.5) is 0 Å². The average Bonchev–Trinajstić information content (AvgIpc) is 2.64. The van der Waals surface area contributed by atoms with Gasteiger partial charge in [-0.1, -0.05) is 11.6 Å². The van der Waals surface area contributed by atoms with Gasteiger partial charge in [0.1, 0.15) is 0 Å². The van der Waals surface area contributed by atoms with Crippen molar-refractivity contribution in [2.45, 2.75) is 10.1 Å². The molecule has 2 aromatic rings. The lowest BCUT2D eigenvalue weighted by molar-refractivity contribution is 0.881. The van der Waals surface area contributed by atoms with E-state index in [1.54, 1.807) is 12.4 Å². The van der Waals surface area contributed by atoms with Crippen LogP contribution in [0.15, 0.2) is 26.9 Å². The molecule has 0 amide bonds. The highest BCUT2D eigenvalue weighted by atomic mass is 79.9. The fourth-order valence-electron chi connectivity index (χ4n) is 0.784. The zero-order chi connectivity index (χ0) is 9.97. The minimum absolute atomic E-state index is 0.513. The summed E-state index contributed by atoms with van der Waals surface area (Å²) in [4.78, 5) is 4.74. The monoisotopic (exact) mass is 291 g/mol. The van der Waals surface area contributed by atoms with Gasteiger partial charge in [-0.15, -0.1) is 10.2 Å². The van der Waals surface area contributed by atoms with Crippen LogP contribution in [0.3, 0.4) is 0 Å². The van der Waals surface area contributed by atoms with Gasteiger partial charge in [0, 0.05) is 12.4 Å². The van der Waals surface area contributed by atoms with Gasteiger partial charge >= 0.3 is 0 Å². The first-order valence-corrected chi connectivity index (χ1v) is 5.46. The highest BCUT2D eigenvalue weighted by Gasteiger charge is 2.10. The average molecular weight is 293 g/mol. The highest BCUT2D eigenvalue weighted by Crippen LogP contribution is 2.35. The number of H-pyrrole nitrogens is 1. The molecule has 0 bridgehead atoms. The molecule has 5 nitrogen and oxygen atoms in total. The summed E-state index contributed by atoms with van der Waals surface area (Å²) in [5, 5.41) is 14.5. The Kier molecular flexibility index (Phi) is 2.99. The standard InChI is InChI=1S/C6H3BrClN5S/c7-3-1-9-2-4(8)5(3)14-6-10-12-13-11-6/h1-2H,(H,10,11,12,13). The molecule has 0 aliphatic carbocycles. The molecule has 0 saturated carbocycles. The van der Waals surface area contributed by atoms with Crippen LogP contribution in [0.1, 0.15) is 0 Å². The summed E-state index contributed by atoms with van der Waals surface area (Å²) >= 11 is 10.6. The van der Waals surface area contributed by atoms with Gasteiger partial charge in [0.2, 0.25) is 5.16 Å². The topological polar surface area (TPSA) is 67.3 Å². The summed E-state index contributed by atoms with van der Waals surface area (Å²) in [6, 6.07) is 0. The first-order valence-electron chi connectivity index (χ1n) is 3.47.